The van der Waals surface area contributed by atoms with Gasteiger partial charge in [-0.15, -0.1) is 0 Å². The zero-order valence-electron chi connectivity index (χ0n) is 25.5. The first-order chi connectivity index (χ1) is 18.1. The van der Waals surface area contributed by atoms with Gasteiger partial charge in [0.1, 0.15) is 0 Å². The van der Waals surface area contributed by atoms with Crippen molar-refractivity contribution in [3.63, 3.8) is 0 Å². The topological polar surface area (TPSA) is 112 Å². The lowest BCUT2D eigenvalue weighted by molar-refractivity contribution is -0.130. The minimum atomic E-state index is -2.84. The molecule has 3 atom stereocenters. The lowest BCUT2D eigenvalue weighted by atomic mass is 10.3. The molecule has 0 saturated carbocycles. The molecule has 1 fully saturated rings. The Balaban J connectivity index is 3.23. The highest BCUT2D eigenvalue weighted by molar-refractivity contribution is 7.58. The number of carbonyl (C=O) groups excluding carboxylic acids is 1. The van der Waals surface area contributed by atoms with Crippen molar-refractivity contribution in [2.75, 3.05) is 132 Å². The fourth-order valence-electron chi connectivity index (χ4n) is 4.53. The smallest absolute Gasteiger partial charge is 0.236 e. The minimum absolute atomic E-state index is 0.00644. The molecule has 232 valence electrons. The van der Waals surface area contributed by atoms with E-state index >= 15 is 0 Å². The summed E-state index contributed by atoms with van der Waals surface area (Å²) in [6, 6.07) is 0. The molecule has 0 spiro atoms. The van der Waals surface area contributed by atoms with Crippen molar-refractivity contribution < 1.29 is 32.1 Å². The molecule has 0 radical (unpaired) electrons. The Morgan fingerprint density at radius 2 is 0.846 bits per heavy atom. The van der Waals surface area contributed by atoms with Gasteiger partial charge in [-0.3, -0.25) is 38.1 Å². The fourth-order valence-corrected chi connectivity index (χ4v) is 9.44. The molecule has 1 amide bonds. The summed E-state index contributed by atoms with van der Waals surface area (Å²) in [5.74, 6) is 0.00644. The van der Waals surface area contributed by atoms with Crippen LogP contribution >= 0.6 is 22.1 Å². The van der Waals surface area contributed by atoms with Crippen LogP contribution in [0, 0.1) is 0 Å². The molecule has 39 heavy (non-hydrogen) atoms. The predicted octanol–water partition coefficient (Wildman–Crippen LogP) is 3.00. The van der Waals surface area contributed by atoms with Gasteiger partial charge in [0.15, 0.2) is 0 Å². The van der Waals surface area contributed by atoms with Crippen LogP contribution in [0.15, 0.2) is 0 Å². The molecule has 15 heteroatoms. The van der Waals surface area contributed by atoms with Gasteiger partial charge < -0.3 is 18.5 Å². The van der Waals surface area contributed by atoms with E-state index in [1.807, 2.05) is 20.8 Å². The van der Waals surface area contributed by atoms with Crippen LogP contribution in [-0.2, 0) is 32.1 Å². The van der Waals surface area contributed by atoms with Gasteiger partial charge in [0.25, 0.3) is 0 Å². The number of amides is 1. The summed E-state index contributed by atoms with van der Waals surface area (Å²) in [5.41, 5.74) is 0. The van der Waals surface area contributed by atoms with Gasteiger partial charge in [0.2, 0.25) is 28.0 Å². The quantitative estimate of drug-likeness (QED) is 0.268. The average molecular weight is 618 g/mol. The Kier molecular flexibility index (Phi) is 16.8. The van der Waals surface area contributed by atoms with Crippen LogP contribution in [0.1, 0.15) is 20.8 Å². The standard InChI is InChI=1S/C24H54N5O7P3/c1-9-34-37(6,31)21-27-14-12-26(20-24(30)25(4)5)13-15-28(22-38(7,32)35-10-2)17-19-29(18-16-27)23-39(8,33)36-11-3/h9-23H2,1-8H3. The summed E-state index contributed by atoms with van der Waals surface area (Å²) in [6.45, 7) is 16.6. The highest BCUT2D eigenvalue weighted by atomic mass is 31.2. The van der Waals surface area contributed by atoms with Crippen molar-refractivity contribution in [3.8, 4) is 0 Å². The number of rotatable bonds is 14. The van der Waals surface area contributed by atoms with Crippen molar-refractivity contribution in [2.24, 2.45) is 0 Å². The number of likely N-dealkylation sites (N-methyl/N-ethyl adjacent to an activating group) is 1. The Morgan fingerprint density at radius 1 is 0.590 bits per heavy atom. The largest absolute Gasteiger partial charge is 0.348 e. The van der Waals surface area contributed by atoms with Crippen LogP contribution in [0.25, 0.3) is 0 Å². The first-order valence-corrected chi connectivity index (χ1v) is 20.6. The zero-order valence-corrected chi connectivity index (χ0v) is 28.2. The third kappa shape index (κ3) is 16.2. The van der Waals surface area contributed by atoms with Gasteiger partial charge in [0, 0.05) is 86.4 Å². The number of hydrogen-bond donors (Lipinski definition) is 0. The monoisotopic (exact) mass is 617 g/mol. The van der Waals surface area contributed by atoms with Gasteiger partial charge in [-0.1, -0.05) is 0 Å². The second-order valence-corrected chi connectivity index (χ2v) is 18.3. The fraction of sp³-hybridized carbons (Fsp3) is 0.958. The van der Waals surface area contributed by atoms with E-state index < -0.39 is 22.1 Å². The normalized spacial score (nSPS) is 22.7. The van der Waals surface area contributed by atoms with E-state index in [1.54, 1.807) is 39.0 Å². The van der Waals surface area contributed by atoms with E-state index in [1.165, 1.54) is 0 Å². The third-order valence-corrected chi connectivity index (χ3v) is 11.5. The van der Waals surface area contributed by atoms with Crippen molar-refractivity contribution in [1.82, 2.24) is 24.5 Å². The highest BCUT2D eigenvalue weighted by Gasteiger charge is 2.27. The second-order valence-electron chi connectivity index (χ2n) is 10.6. The van der Waals surface area contributed by atoms with Gasteiger partial charge in [-0.25, -0.2) is 0 Å². The molecular formula is C24H54N5O7P3. The van der Waals surface area contributed by atoms with E-state index in [2.05, 4.69) is 19.6 Å². The number of carbonyl (C=O) groups is 1. The van der Waals surface area contributed by atoms with Crippen LogP contribution in [0.2, 0.25) is 0 Å². The molecule has 0 aliphatic carbocycles. The highest BCUT2D eigenvalue weighted by Crippen LogP contribution is 2.45. The maximum atomic E-state index is 13.1. The maximum Gasteiger partial charge on any atom is 0.236 e. The molecule has 1 saturated heterocycles. The molecule has 0 bridgehead atoms. The molecule has 0 aromatic carbocycles. The molecule has 0 N–H and O–H groups in total. The summed E-state index contributed by atoms with van der Waals surface area (Å²) >= 11 is 0. The molecule has 12 nitrogen and oxygen atoms in total. The van der Waals surface area contributed by atoms with E-state index in [0.29, 0.717) is 91.0 Å². The van der Waals surface area contributed by atoms with Crippen molar-refractivity contribution in [1.29, 1.82) is 0 Å². The minimum Gasteiger partial charge on any atom is -0.348 e. The third-order valence-electron chi connectivity index (χ3n) is 6.36. The van der Waals surface area contributed by atoms with Gasteiger partial charge in [-0.2, -0.15) is 0 Å². The Labute approximate surface area is 237 Å². The average Bonchev–Trinajstić information content (AvgIpc) is 2.79. The summed E-state index contributed by atoms with van der Waals surface area (Å²) in [5, 5.41) is 0. The SMILES string of the molecule is CCOP(C)(=O)CN1CCN(CC(=O)N(C)C)CCN(CP(C)(=O)OCC)CCN(CP(C)(=O)OCC)CC1. The van der Waals surface area contributed by atoms with E-state index in [4.69, 9.17) is 13.6 Å². The van der Waals surface area contributed by atoms with Gasteiger partial charge in [0.05, 0.1) is 45.2 Å². The lowest BCUT2D eigenvalue weighted by Gasteiger charge is -2.35. The van der Waals surface area contributed by atoms with E-state index in [0.717, 1.165) is 0 Å². The molecule has 3 unspecified atom stereocenters. The molecular weight excluding hydrogens is 563 g/mol. The summed E-state index contributed by atoms with van der Waals surface area (Å²) < 4.78 is 55.9. The van der Waals surface area contributed by atoms with E-state index in [-0.39, 0.29) is 12.5 Å². The number of nitrogens with zero attached hydrogens (tertiary/aromatic N) is 5. The maximum absolute atomic E-state index is 13.1. The first-order valence-electron chi connectivity index (χ1n) is 13.8. The van der Waals surface area contributed by atoms with Crippen molar-refractivity contribution in [2.45, 2.75) is 20.8 Å². The van der Waals surface area contributed by atoms with Crippen LogP contribution in [0.4, 0.5) is 0 Å². The van der Waals surface area contributed by atoms with Crippen LogP contribution in [-0.4, -0.2) is 162 Å². The summed E-state index contributed by atoms with van der Waals surface area (Å²) in [7, 11) is -5.02. The van der Waals surface area contributed by atoms with Crippen molar-refractivity contribution >= 4 is 28.0 Å². The molecule has 0 aromatic rings. The van der Waals surface area contributed by atoms with Crippen LogP contribution in [0.5, 0.6) is 0 Å². The van der Waals surface area contributed by atoms with E-state index in [9.17, 15) is 18.5 Å². The second kappa shape index (κ2) is 17.7. The summed E-state index contributed by atoms with van der Waals surface area (Å²) in [6.07, 6.45) is 0.911. The van der Waals surface area contributed by atoms with Gasteiger partial charge >= 0.3 is 0 Å². The Morgan fingerprint density at radius 3 is 1.08 bits per heavy atom. The molecule has 1 rings (SSSR count). The van der Waals surface area contributed by atoms with Gasteiger partial charge in [-0.05, 0) is 20.8 Å². The molecule has 0 aromatic heterocycles. The molecule has 1 aliphatic heterocycles. The predicted molar refractivity (Wildman–Crippen MR) is 160 cm³/mol. The Bertz CT molecular complexity index is 835. The first kappa shape index (κ1) is 36.9. The molecule has 1 heterocycles. The summed E-state index contributed by atoms with van der Waals surface area (Å²) in [4.78, 5) is 22.6. The lowest BCUT2D eigenvalue weighted by Crippen LogP contribution is -2.48. The zero-order chi connectivity index (χ0) is 29.7. The van der Waals surface area contributed by atoms with Crippen LogP contribution < -0.4 is 0 Å². The Hall–Kier alpha value is -0.120. The number of hydrogen-bond acceptors (Lipinski definition) is 11. The van der Waals surface area contributed by atoms with Crippen LogP contribution in [0.3, 0.4) is 0 Å². The van der Waals surface area contributed by atoms with Crippen molar-refractivity contribution in [3.05, 3.63) is 0 Å². The molecule has 1 aliphatic rings.